The molecular formula is C15H32N2O. The Morgan fingerprint density at radius 3 is 2.28 bits per heavy atom. The van der Waals surface area contributed by atoms with E-state index < -0.39 is 0 Å². The fourth-order valence-electron chi connectivity index (χ4n) is 3.26. The average Bonchev–Trinajstić information content (AvgIpc) is 2.39. The second-order valence-electron chi connectivity index (χ2n) is 6.25. The number of rotatable bonds is 7. The topological polar surface area (TPSA) is 35.5 Å². The molecule has 3 heteroatoms. The van der Waals surface area contributed by atoms with E-state index in [-0.39, 0.29) is 12.1 Å². The van der Waals surface area contributed by atoms with E-state index in [1.165, 1.54) is 32.1 Å². The Morgan fingerprint density at radius 1 is 1.22 bits per heavy atom. The van der Waals surface area contributed by atoms with Gasteiger partial charge in [-0.05, 0) is 52.1 Å². The molecule has 0 spiro atoms. The van der Waals surface area contributed by atoms with Crippen LogP contribution in [0.5, 0.6) is 0 Å². The Bertz CT molecular complexity index is 227. The molecule has 2 N–H and O–H groups in total. The zero-order chi connectivity index (χ0) is 13.6. The van der Waals surface area contributed by atoms with Gasteiger partial charge in [0, 0.05) is 12.6 Å². The minimum absolute atomic E-state index is 0.162. The van der Waals surface area contributed by atoms with Crippen LogP contribution in [0.3, 0.4) is 0 Å². The van der Waals surface area contributed by atoms with Gasteiger partial charge in [0.25, 0.3) is 0 Å². The molecule has 18 heavy (non-hydrogen) atoms. The maximum absolute atomic E-state index is 9.55. The first-order valence-corrected chi connectivity index (χ1v) is 7.60. The number of hydrogen-bond donors (Lipinski definition) is 2. The molecule has 1 aliphatic carbocycles. The standard InChI is InChI=1S/C15H32N2O/c1-5-13-7-9-14(10-8-13)17(4)11-15(3,12-18)16-6-2/h13-14,16,18H,5-12H2,1-4H3. The van der Waals surface area contributed by atoms with E-state index in [9.17, 15) is 5.11 Å². The van der Waals surface area contributed by atoms with Crippen molar-refractivity contribution in [2.45, 2.75) is 64.5 Å². The third kappa shape index (κ3) is 4.52. The Balaban J connectivity index is 2.42. The quantitative estimate of drug-likeness (QED) is 0.733. The van der Waals surface area contributed by atoms with E-state index in [2.05, 4.69) is 38.0 Å². The van der Waals surface area contributed by atoms with Crippen LogP contribution in [0.25, 0.3) is 0 Å². The van der Waals surface area contributed by atoms with Crippen molar-refractivity contribution in [3.63, 3.8) is 0 Å². The Morgan fingerprint density at radius 2 is 1.83 bits per heavy atom. The fourth-order valence-corrected chi connectivity index (χ4v) is 3.26. The van der Waals surface area contributed by atoms with Gasteiger partial charge in [0.1, 0.15) is 0 Å². The van der Waals surface area contributed by atoms with Crippen molar-refractivity contribution in [1.82, 2.24) is 10.2 Å². The molecule has 0 bridgehead atoms. The van der Waals surface area contributed by atoms with E-state index in [4.69, 9.17) is 0 Å². The van der Waals surface area contributed by atoms with Crippen LogP contribution in [0.15, 0.2) is 0 Å². The lowest BCUT2D eigenvalue weighted by molar-refractivity contribution is 0.0916. The van der Waals surface area contributed by atoms with Gasteiger partial charge in [-0.25, -0.2) is 0 Å². The van der Waals surface area contributed by atoms with Crippen LogP contribution >= 0.6 is 0 Å². The number of likely N-dealkylation sites (N-methyl/N-ethyl adjacent to an activating group) is 2. The first-order chi connectivity index (χ1) is 8.54. The summed E-state index contributed by atoms with van der Waals surface area (Å²) in [6.45, 7) is 8.56. The van der Waals surface area contributed by atoms with E-state index >= 15 is 0 Å². The molecule has 108 valence electrons. The molecule has 0 saturated heterocycles. The van der Waals surface area contributed by atoms with Crippen molar-refractivity contribution in [2.75, 3.05) is 26.7 Å². The summed E-state index contributed by atoms with van der Waals surface area (Å²) in [7, 11) is 2.21. The second-order valence-corrected chi connectivity index (χ2v) is 6.25. The van der Waals surface area contributed by atoms with E-state index in [1.54, 1.807) is 0 Å². The molecule has 1 atom stereocenters. The summed E-state index contributed by atoms with van der Waals surface area (Å²) in [4.78, 5) is 2.45. The van der Waals surface area contributed by atoms with Crippen LogP contribution in [0.1, 0.15) is 52.9 Å². The fraction of sp³-hybridized carbons (Fsp3) is 1.00. The zero-order valence-electron chi connectivity index (χ0n) is 12.7. The summed E-state index contributed by atoms with van der Waals surface area (Å²) in [6.07, 6.45) is 6.73. The molecular weight excluding hydrogens is 224 g/mol. The van der Waals surface area contributed by atoms with Crippen LogP contribution in [-0.2, 0) is 0 Å². The molecule has 0 heterocycles. The minimum Gasteiger partial charge on any atom is -0.394 e. The van der Waals surface area contributed by atoms with Gasteiger partial charge >= 0.3 is 0 Å². The van der Waals surface area contributed by atoms with Crippen molar-refractivity contribution in [3.8, 4) is 0 Å². The zero-order valence-corrected chi connectivity index (χ0v) is 12.7. The van der Waals surface area contributed by atoms with Gasteiger partial charge in [-0.2, -0.15) is 0 Å². The molecule has 0 amide bonds. The summed E-state index contributed by atoms with van der Waals surface area (Å²) in [5.74, 6) is 0.952. The molecule has 0 radical (unpaired) electrons. The van der Waals surface area contributed by atoms with Gasteiger partial charge in [0.2, 0.25) is 0 Å². The summed E-state index contributed by atoms with van der Waals surface area (Å²) >= 11 is 0. The SMILES string of the molecule is CCNC(C)(CO)CN(C)C1CCC(CC)CC1. The number of hydrogen-bond acceptors (Lipinski definition) is 3. The first-order valence-electron chi connectivity index (χ1n) is 7.60. The highest BCUT2D eigenvalue weighted by Gasteiger charge is 2.29. The second kappa shape index (κ2) is 7.46. The van der Waals surface area contributed by atoms with Crippen molar-refractivity contribution < 1.29 is 5.11 Å². The maximum Gasteiger partial charge on any atom is 0.0623 e. The van der Waals surface area contributed by atoms with Gasteiger partial charge in [-0.3, -0.25) is 0 Å². The predicted molar refractivity (Wildman–Crippen MR) is 77.8 cm³/mol. The van der Waals surface area contributed by atoms with Gasteiger partial charge in [-0.15, -0.1) is 0 Å². The molecule has 0 aromatic carbocycles. The smallest absolute Gasteiger partial charge is 0.0623 e. The number of aliphatic hydroxyl groups excluding tert-OH is 1. The molecule has 1 saturated carbocycles. The summed E-state index contributed by atoms with van der Waals surface area (Å²) in [5, 5.41) is 13.0. The van der Waals surface area contributed by atoms with Gasteiger partial charge in [-0.1, -0.05) is 20.3 Å². The van der Waals surface area contributed by atoms with E-state index in [0.717, 1.165) is 19.0 Å². The molecule has 1 aliphatic rings. The van der Waals surface area contributed by atoms with Crippen molar-refractivity contribution in [1.29, 1.82) is 0 Å². The largest absolute Gasteiger partial charge is 0.394 e. The molecule has 0 aromatic heterocycles. The monoisotopic (exact) mass is 256 g/mol. The van der Waals surface area contributed by atoms with E-state index in [1.807, 2.05) is 0 Å². The minimum atomic E-state index is -0.162. The highest BCUT2D eigenvalue weighted by molar-refractivity contribution is 4.88. The number of nitrogens with zero attached hydrogens (tertiary/aromatic N) is 1. The third-order valence-electron chi connectivity index (χ3n) is 4.57. The summed E-state index contributed by atoms with van der Waals surface area (Å²) in [5.41, 5.74) is -0.162. The average molecular weight is 256 g/mol. The van der Waals surface area contributed by atoms with Crippen LogP contribution in [0.4, 0.5) is 0 Å². The van der Waals surface area contributed by atoms with Crippen molar-refractivity contribution in [3.05, 3.63) is 0 Å². The molecule has 1 unspecified atom stereocenters. The number of aliphatic hydroxyl groups is 1. The lowest BCUT2D eigenvalue weighted by atomic mass is 9.83. The molecule has 3 nitrogen and oxygen atoms in total. The van der Waals surface area contributed by atoms with Crippen molar-refractivity contribution >= 4 is 0 Å². The highest BCUT2D eigenvalue weighted by Crippen LogP contribution is 2.29. The van der Waals surface area contributed by atoms with Gasteiger partial charge in [0.15, 0.2) is 0 Å². The maximum atomic E-state index is 9.55. The third-order valence-corrected chi connectivity index (χ3v) is 4.57. The first kappa shape index (κ1) is 15.9. The predicted octanol–water partition coefficient (Wildman–Crippen LogP) is 2.25. The Kier molecular flexibility index (Phi) is 6.61. The summed E-state index contributed by atoms with van der Waals surface area (Å²) in [6, 6.07) is 0.706. The van der Waals surface area contributed by atoms with Crippen LogP contribution in [0, 0.1) is 5.92 Å². The van der Waals surface area contributed by atoms with Gasteiger partial charge < -0.3 is 15.3 Å². The lowest BCUT2D eigenvalue weighted by Gasteiger charge is -2.39. The molecule has 1 fully saturated rings. The molecule has 1 rings (SSSR count). The van der Waals surface area contributed by atoms with Gasteiger partial charge in [0.05, 0.1) is 12.1 Å². The Labute approximate surface area is 113 Å². The lowest BCUT2D eigenvalue weighted by Crippen LogP contribution is -2.55. The summed E-state index contributed by atoms with van der Waals surface area (Å²) < 4.78 is 0. The van der Waals surface area contributed by atoms with Crippen molar-refractivity contribution in [2.24, 2.45) is 5.92 Å². The van der Waals surface area contributed by atoms with Crippen LogP contribution in [-0.4, -0.2) is 48.3 Å². The van der Waals surface area contributed by atoms with Crippen LogP contribution < -0.4 is 5.32 Å². The molecule has 0 aliphatic heterocycles. The van der Waals surface area contributed by atoms with Crippen LogP contribution in [0.2, 0.25) is 0 Å². The number of nitrogens with one attached hydrogen (secondary N) is 1. The van der Waals surface area contributed by atoms with E-state index in [0.29, 0.717) is 6.04 Å². The highest BCUT2D eigenvalue weighted by atomic mass is 16.3. The normalized spacial score (nSPS) is 28.3. The Hall–Kier alpha value is -0.120. The molecule has 0 aromatic rings.